The molecule has 3 nitrogen and oxygen atoms in total. The van der Waals surface area contributed by atoms with E-state index in [9.17, 15) is 4.79 Å². The van der Waals surface area contributed by atoms with E-state index in [2.05, 4.69) is 6.58 Å². The molecule has 0 spiro atoms. The van der Waals surface area contributed by atoms with E-state index in [0.29, 0.717) is 13.1 Å². The summed E-state index contributed by atoms with van der Waals surface area (Å²) in [4.78, 5) is 12.6. The minimum absolute atomic E-state index is 0.0444. The van der Waals surface area contributed by atoms with Crippen LogP contribution in [-0.4, -0.2) is 29.9 Å². The number of rotatable bonds is 2. The molecule has 56 valence electrons. The number of nitrogens with zero attached hydrogens (tertiary/aromatic N) is 1. The molecule has 0 bridgehead atoms. The number of hydrogen-bond acceptors (Lipinski definition) is 2. The summed E-state index contributed by atoms with van der Waals surface area (Å²) in [6.07, 6.45) is 0. The van der Waals surface area contributed by atoms with Gasteiger partial charge in [0, 0.05) is 13.1 Å². The second kappa shape index (κ2) is 2.42. The molecule has 0 aliphatic carbocycles. The van der Waals surface area contributed by atoms with E-state index in [1.165, 1.54) is 0 Å². The number of hydrogen-bond donors (Lipinski definition) is 1. The molecular weight excluding hydrogens is 128 g/mol. The molecule has 1 rings (SSSR count). The van der Waals surface area contributed by atoms with Crippen molar-refractivity contribution in [2.45, 2.75) is 13.0 Å². The Morgan fingerprint density at radius 1 is 2.00 bits per heavy atom. The molecule has 0 saturated carbocycles. The Morgan fingerprint density at radius 2 is 2.60 bits per heavy atom. The van der Waals surface area contributed by atoms with Gasteiger partial charge in [-0.15, -0.1) is 0 Å². The highest BCUT2D eigenvalue weighted by Crippen LogP contribution is 2.08. The minimum Gasteiger partial charge on any atom is -0.335 e. The van der Waals surface area contributed by atoms with Crippen LogP contribution in [0.3, 0.4) is 0 Å². The fourth-order valence-electron chi connectivity index (χ4n) is 0.996. The van der Waals surface area contributed by atoms with E-state index in [0.717, 1.165) is 5.57 Å². The van der Waals surface area contributed by atoms with Crippen molar-refractivity contribution in [3.8, 4) is 0 Å². The van der Waals surface area contributed by atoms with Gasteiger partial charge in [-0.2, -0.15) is 0 Å². The number of β-lactam (4-membered cyclic amide) rings is 1. The molecule has 1 atom stereocenters. The van der Waals surface area contributed by atoms with Crippen LogP contribution < -0.4 is 5.73 Å². The van der Waals surface area contributed by atoms with Gasteiger partial charge >= 0.3 is 0 Å². The molecule has 0 aromatic rings. The van der Waals surface area contributed by atoms with Crippen molar-refractivity contribution in [2.75, 3.05) is 13.1 Å². The summed E-state index contributed by atoms with van der Waals surface area (Å²) in [7, 11) is 0. The van der Waals surface area contributed by atoms with Gasteiger partial charge in [-0.3, -0.25) is 4.79 Å². The fraction of sp³-hybridized carbons (Fsp3) is 0.571. The Hall–Kier alpha value is -0.830. The Labute approximate surface area is 60.5 Å². The summed E-state index contributed by atoms with van der Waals surface area (Å²) in [5, 5.41) is 0. The predicted octanol–water partition coefficient (Wildman–Crippen LogP) is -0.268. The zero-order chi connectivity index (χ0) is 7.72. The Balaban J connectivity index is 2.34. The fourth-order valence-corrected chi connectivity index (χ4v) is 0.996. The van der Waals surface area contributed by atoms with Crippen molar-refractivity contribution in [3.05, 3.63) is 12.2 Å². The van der Waals surface area contributed by atoms with Crippen LogP contribution in [-0.2, 0) is 4.79 Å². The maximum Gasteiger partial charge on any atom is 0.241 e. The van der Waals surface area contributed by atoms with E-state index < -0.39 is 0 Å². The van der Waals surface area contributed by atoms with Gasteiger partial charge in [0.15, 0.2) is 0 Å². The lowest BCUT2D eigenvalue weighted by Crippen LogP contribution is -2.61. The lowest BCUT2D eigenvalue weighted by atomic mass is 10.1. The maximum atomic E-state index is 10.9. The first kappa shape index (κ1) is 7.28. The van der Waals surface area contributed by atoms with E-state index in [4.69, 9.17) is 5.73 Å². The third-order valence-electron chi connectivity index (χ3n) is 1.51. The van der Waals surface area contributed by atoms with Crippen LogP contribution in [0.2, 0.25) is 0 Å². The second-order valence-corrected chi connectivity index (χ2v) is 2.78. The number of nitrogens with two attached hydrogens (primary N) is 1. The average molecular weight is 140 g/mol. The van der Waals surface area contributed by atoms with Crippen molar-refractivity contribution in [1.82, 2.24) is 4.90 Å². The number of carbonyl (C=O) groups excluding carboxylic acids is 1. The topological polar surface area (TPSA) is 46.3 Å². The Bertz CT molecular complexity index is 176. The molecule has 1 fully saturated rings. The third-order valence-corrected chi connectivity index (χ3v) is 1.51. The lowest BCUT2D eigenvalue weighted by molar-refractivity contribution is -0.141. The molecule has 1 amide bonds. The summed E-state index contributed by atoms with van der Waals surface area (Å²) in [6, 6.07) is -0.251. The summed E-state index contributed by atoms with van der Waals surface area (Å²) in [5.74, 6) is 0.0444. The van der Waals surface area contributed by atoms with Gasteiger partial charge in [-0.1, -0.05) is 12.2 Å². The van der Waals surface area contributed by atoms with Gasteiger partial charge in [0.25, 0.3) is 0 Å². The van der Waals surface area contributed by atoms with E-state index in [1.807, 2.05) is 6.92 Å². The third kappa shape index (κ3) is 1.19. The van der Waals surface area contributed by atoms with Gasteiger partial charge in [0.2, 0.25) is 5.91 Å². The lowest BCUT2D eigenvalue weighted by Gasteiger charge is -2.36. The average Bonchev–Trinajstić information content (AvgIpc) is 1.86. The molecule has 0 aromatic carbocycles. The summed E-state index contributed by atoms with van der Waals surface area (Å²) >= 11 is 0. The van der Waals surface area contributed by atoms with Crippen LogP contribution in [0, 0.1) is 0 Å². The highest BCUT2D eigenvalue weighted by Gasteiger charge is 2.32. The van der Waals surface area contributed by atoms with Gasteiger partial charge < -0.3 is 10.6 Å². The molecule has 0 aromatic heterocycles. The van der Waals surface area contributed by atoms with Crippen LogP contribution in [0.1, 0.15) is 6.92 Å². The van der Waals surface area contributed by atoms with Crippen molar-refractivity contribution >= 4 is 5.91 Å². The Kier molecular flexibility index (Phi) is 1.76. The molecule has 2 N–H and O–H groups in total. The molecule has 1 aliphatic rings. The summed E-state index contributed by atoms with van der Waals surface area (Å²) in [6.45, 7) is 6.95. The number of likely N-dealkylation sites (tertiary alicyclic amines) is 1. The van der Waals surface area contributed by atoms with Crippen LogP contribution in [0.15, 0.2) is 12.2 Å². The van der Waals surface area contributed by atoms with Gasteiger partial charge in [0.1, 0.15) is 6.04 Å². The molecule has 3 heteroatoms. The minimum atomic E-state index is -0.251. The highest BCUT2D eigenvalue weighted by atomic mass is 16.2. The first-order chi connectivity index (χ1) is 4.61. The standard InChI is InChI=1S/C7H12N2O/c1-5(2)3-9-4-6(8)7(9)10/h6H,1,3-4,8H2,2H3. The van der Waals surface area contributed by atoms with Crippen molar-refractivity contribution in [3.63, 3.8) is 0 Å². The van der Waals surface area contributed by atoms with E-state index >= 15 is 0 Å². The first-order valence-corrected chi connectivity index (χ1v) is 3.30. The van der Waals surface area contributed by atoms with Gasteiger partial charge in [-0.05, 0) is 6.92 Å². The molecule has 1 saturated heterocycles. The largest absolute Gasteiger partial charge is 0.335 e. The quantitative estimate of drug-likeness (QED) is 0.424. The SMILES string of the molecule is C=C(C)CN1CC(N)C1=O. The van der Waals surface area contributed by atoms with Crippen molar-refractivity contribution in [1.29, 1.82) is 0 Å². The zero-order valence-corrected chi connectivity index (χ0v) is 6.13. The van der Waals surface area contributed by atoms with Crippen LogP contribution in [0.5, 0.6) is 0 Å². The Morgan fingerprint density at radius 3 is 2.90 bits per heavy atom. The molecule has 1 unspecified atom stereocenters. The van der Waals surface area contributed by atoms with E-state index in [1.54, 1.807) is 4.90 Å². The number of amides is 1. The molecule has 0 radical (unpaired) electrons. The highest BCUT2D eigenvalue weighted by molar-refractivity contribution is 5.87. The molecule has 1 aliphatic heterocycles. The van der Waals surface area contributed by atoms with Crippen molar-refractivity contribution < 1.29 is 4.79 Å². The molecule has 1 heterocycles. The first-order valence-electron chi connectivity index (χ1n) is 3.30. The van der Waals surface area contributed by atoms with E-state index in [-0.39, 0.29) is 11.9 Å². The van der Waals surface area contributed by atoms with Gasteiger partial charge in [0.05, 0.1) is 0 Å². The summed E-state index contributed by atoms with van der Waals surface area (Å²) in [5.41, 5.74) is 6.37. The van der Waals surface area contributed by atoms with Gasteiger partial charge in [-0.25, -0.2) is 0 Å². The normalized spacial score (nSPS) is 24.4. The smallest absolute Gasteiger partial charge is 0.241 e. The van der Waals surface area contributed by atoms with Crippen molar-refractivity contribution in [2.24, 2.45) is 5.73 Å². The van der Waals surface area contributed by atoms with Crippen LogP contribution in [0.25, 0.3) is 0 Å². The second-order valence-electron chi connectivity index (χ2n) is 2.78. The van der Waals surface area contributed by atoms with Crippen LogP contribution in [0.4, 0.5) is 0 Å². The zero-order valence-electron chi connectivity index (χ0n) is 6.13. The molecule has 10 heavy (non-hydrogen) atoms. The monoisotopic (exact) mass is 140 g/mol. The maximum absolute atomic E-state index is 10.9. The van der Waals surface area contributed by atoms with Crippen LogP contribution >= 0.6 is 0 Å². The molecular formula is C7H12N2O. The number of carbonyl (C=O) groups is 1. The summed E-state index contributed by atoms with van der Waals surface area (Å²) < 4.78 is 0. The predicted molar refractivity (Wildman–Crippen MR) is 39.4 cm³/mol.